The van der Waals surface area contributed by atoms with Gasteiger partial charge in [0, 0.05) is 17.3 Å². The molecule has 1 aliphatic rings. The highest BCUT2D eigenvalue weighted by molar-refractivity contribution is 5.22. The third kappa shape index (κ3) is 1.97. The molecule has 76 valence electrons. The maximum absolute atomic E-state index is 4.70. The van der Waals surface area contributed by atoms with Crippen LogP contribution in [0.1, 0.15) is 55.0 Å². The smallest absolute Gasteiger partial charge is 0.0437 e. The van der Waals surface area contributed by atoms with Crippen LogP contribution in [0.15, 0.2) is 12.1 Å². The first-order valence-electron chi connectivity index (χ1n) is 5.71. The molecule has 0 spiro atoms. The molecule has 1 saturated carbocycles. The van der Waals surface area contributed by atoms with Crippen LogP contribution in [0.2, 0.25) is 0 Å². The Morgan fingerprint density at radius 2 is 1.79 bits per heavy atom. The van der Waals surface area contributed by atoms with E-state index >= 15 is 0 Å². The van der Waals surface area contributed by atoms with Gasteiger partial charge in [-0.05, 0) is 38.3 Å². The number of hydrogen-bond acceptors (Lipinski definition) is 1. The van der Waals surface area contributed by atoms with Crippen LogP contribution in [0, 0.1) is 13.8 Å². The Labute approximate surface area is 86.6 Å². The lowest BCUT2D eigenvalue weighted by Crippen LogP contribution is -2.07. The van der Waals surface area contributed by atoms with E-state index in [0.29, 0.717) is 0 Å². The molecule has 0 aliphatic heterocycles. The van der Waals surface area contributed by atoms with Gasteiger partial charge in [-0.2, -0.15) is 0 Å². The zero-order valence-corrected chi connectivity index (χ0v) is 9.21. The Morgan fingerprint density at radius 3 is 2.43 bits per heavy atom. The fourth-order valence-corrected chi connectivity index (χ4v) is 2.28. The van der Waals surface area contributed by atoms with Gasteiger partial charge >= 0.3 is 0 Å². The van der Waals surface area contributed by atoms with Gasteiger partial charge in [-0.25, -0.2) is 0 Å². The molecule has 0 unspecified atom stereocenters. The van der Waals surface area contributed by atoms with Crippen LogP contribution < -0.4 is 0 Å². The second kappa shape index (κ2) is 4.12. The SMILES string of the molecule is Cc1ccc(C2CCCCC2)nc1C. The van der Waals surface area contributed by atoms with Crippen molar-refractivity contribution in [3.05, 3.63) is 29.1 Å². The zero-order valence-electron chi connectivity index (χ0n) is 9.21. The lowest BCUT2D eigenvalue weighted by Gasteiger charge is -2.21. The molecule has 0 radical (unpaired) electrons. The number of pyridine rings is 1. The van der Waals surface area contributed by atoms with Gasteiger partial charge in [-0.1, -0.05) is 25.3 Å². The molecule has 1 aromatic heterocycles. The van der Waals surface area contributed by atoms with Gasteiger partial charge < -0.3 is 0 Å². The molecule has 1 aromatic rings. The molecule has 0 amide bonds. The molecule has 1 aliphatic carbocycles. The van der Waals surface area contributed by atoms with Crippen molar-refractivity contribution in [3.8, 4) is 0 Å². The van der Waals surface area contributed by atoms with Crippen LogP contribution in [-0.2, 0) is 0 Å². The predicted octanol–water partition coefficient (Wildman–Crippen LogP) is 3.75. The standard InChI is InChI=1S/C13H19N/c1-10-8-9-13(14-11(10)2)12-6-4-3-5-7-12/h8-9,12H,3-7H2,1-2H3. The minimum atomic E-state index is 0.739. The maximum atomic E-state index is 4.70. The summed E-state index contributed by atoms with van der Waals surface area (Å²) < 4.78 is 0. The van der Waals surface area contributed by atoms with E-state index < -0.39 is 0 Å². The normalized spacial score (nSPS) is 18.4. The van der Waals surface area contributed by atoms with Gasteiger partial charge in [0.25, 0.3) is 0 Å². The molecule has 1 heterocycles. The lowest BCUT2D eigenvalue weighted by molar-refractivity contribution is 0.436. The fraction of sp³-hybridized carbons (Fsp3) is 0.615. The summed E-state index contributed by atoms with van der Waals surface area (Å²) in [7, 11) is 0. The van der Waals surface area contributed by atoms with Crippen molar-refractivity contribution >= 4 is 0 Å². The summed E-state index contributed by atoms with van der Waals surface area (Å²) in [5.41, 5.74) is 3.84. The monoisotopic (exact) mass is 189 g/mol. The Hall–Kier alpha value is -0.850. The molecule has 0 bridgehead atoms. The summed E-state index contributed by atoms with van der Waals surface area (Å²) >= 11 is 0. The van der Waals surface area contributed by atoms with Crippen molar-refractivity contribution in [2.24, 2.45) is 0 Å². The molecule has 0 saturated heterocycles. The summed E-state index contributed by atoms with van der Waals surface area (Å²) in [6.07, 6.45) is 6.88. The summed E-state index contributed by atoms with van der Waals surface area (Å²) in [6, 6.07) is 4.44. The molecule has 0 N–H and O–H groups in total. The van der Waals surface area contributed by atoms with Gasteiger partial charge in [-0.15, -0.1) is 0 Å². The van der Waals surface area contributed by atoms with Gasteiger partial charge in [0.1, 0.15) is 0 Å². The Bertz CT molecular complexity index is 311. The van der Waals surface area contributed by atoms with Gasteiger partial charge in [0.2, 0.25) is 0 Å². The van der Waals surface area contributed by atoms with E-state index in [0.717, 1.165) is 5.92 Å². The average Bonchev–Trinajstić information content (AvgIpc) is 2.23. The zero-order chi connectivity index (χ0) is 9.97. The van der Waals surface area contributed by atoms with E-state index in [2.05, 4.69) is 26.0 Å². The summed E-state index contributed by atoms with van der Waals surface area (Å²) in [5, 5.41) is 0. The van der Waals surface area contributed by atoms with Crippen molar-refractivity contribution in [1.29, 1.82) is 0 Å². The van der Waals surface area contributed by atoms with Crippen LogP contribution >= 0.6 is 0 Å². The first kappa shape index (κ1) is 9.70. The van der Waals surface area contributed by atoms with Crippen molar-refractivity contribution < 1.29 is 0 Å². The molecule has 0 aromatic carbocycles. The second-order valence-electron chi connectivity index (χ2n) is 4.47. The minimum Gasteiger partial charge on any atom is -0.258 e. The number of nitrogens with zero attached hydrogens (tertiary/aromatic N) is 1. The third-order valence-corrected chi connectivity index (χ3v) is 3.40. The van der Waals surface area contributed by atoms with E-state index in [1.54, 1.807) is 0 Å². The number of rotatable bonds is 1. The molecule has 2 rings (SSSR count). The van der Waals surface area contributed by atoms with E-state index in [4.69, 9.17) is 4.98 Å². The van der Waals surface area contributed by atoms with E-state index in [-0.39, 0.29) is 0 Å². The Morgan fingerprint density at radius 1 is 1.07 bits per heavy atom. The fourth-order valence-electron chi connectivity index (χ4n) is 2.28. The summed E-state index contributed by atoms with van der Waals surface area (Å²) in [4.78, 5) is 4.70. The predicted molar refractivity (Wildman–Crippen MR) is 59.5 cm³/mol. The van der Waals surface area contributed by atoms with Crippen molar-refractivity contribution in [2.45, 2.75) is 51.9 Å². The van der Waals surface area contributed by atoms with Crippen molar-refractivity contribution in [3.63, 3.8) is 0 Å². The van der Waals surface area contributed by atoms with Crippen LogP contribution in [-0.4, -0.2) is 4.98 Å². The van der Waals surface area contributed by atoms with Crippen LogP contribution in [0.5, 0.6) is 0 Å². The largest absolute Gasteiger partial charge is 0.258 e. The molecule has 0 atom stereocenters. The van der Waals surface area contributed by atoms with Crippen LogP contribution in [0.25, 0.3) is 0 Å². The second-order valence-corrected chi connectivity index (χ2v) is 4.47. The average molecular weight is 189 g/mol. The first-order valence-corrected chi connectivity index (χ1v) is 5.71. The highest BCUT2D eigenvalue weighted by Gasteiger charge is 2.16. The van der Waals surface area contributed by atoms with Gasteiger partial charge in [0.15, 0.2) is 0 Å². The van der Waals surface area contributed by atoms with Gasteiger partial charge in [-0.3, -0.25) is 4.98 Å². The highest BCUT2D eigenvalue weighted by Crippen LogP contribution is 2.31. The first-order chi connectivity index (χ1) is 6.77. The van der Waals surface area contributed by atoms with E-state index in [1.165, 1.54) is 49.1 Å². The molecule has 1 heteroatoms. The topological polar surface area (TPSA) is 12.9 Å². The highest BCUT2D eigenvalue weighted by atomic mass is 14.7. The summed E-state index contributed by atoms with van der Waals surface area (Å²) in [6.45, 7) is 4.24. The number of aryl methyl sites for hydroxylation is 2. The quantitative estimate of drug-likeness (QED) is 0.655. The third-order valence-electron chi connectivity index (χ3n) is 3.40. The van der Waals surface area contributed by atoms with Crippen LogP contribution in [0.4, 0.5) is 0 Å². The van der Waals surface area contributed by atoms with Crippen molar-refractivity contribution in [2.75, 3.05) is 0 Å². The molecular formula is C13H19N. The van der Waals surface area contributed by atoms with E-state index in [9.17, 15) is 0 Å². The van der Waals surface area contributed by atoms with Gasteiger partial charge in [0.05, 0.1) is 0 Å². The van der Waals surface area contributed by atoms with E-state index in [1.807, 2.05) is 0 Å². The maximum Gasteiger partial charge on any atom is 0.0437 e. The Kier molecular flexibility index (Phi) is 2.85. The lowest BCUT2D eigenvalue weighted by atomic mass is 9.86. The summed E-state index contributed by atoms with van der Waals surface area (Å²) in [5.74, 6) is 0.739. The van der Waals surface area contributed by atoms with Crippen molar-refractivity contribution in [1.82, 2.24) is 4.98 Å². The molecular weight excluding hydrogens is 170 g/mol. The van der Waals surface area contributed by atoms with Crippen LogP contribution in [0.3, 0.4) is 0 Å². The number of aromatic nitrogens is 1. The minimum absolute atomic E-state index is 0.739. The molecule has 1 nitrogen and oxygen atoms in total. The molecule has 1 fully saturated rings. The Balaban J connectivity index is 2.18. The molecule has 14 heavy (non-hydrogen) atoms. The number of hydrogen-bond donors (Lipinski definition) is 0.